The molecule has 1 aliphatic heterocycles. The van der Waals surface area contributed by atoms with Crippen LogP contribution in [0.2, 0.25) is 0 Å². The summed E-state index contributed by atoms with van der Waals surface area (Å²) in [6.07, 6.45) is -3.83. The van der Waals surface area contributed by atoms with Crippen LogP contribution in [-0.2, 0) is 23.7 Å². The van der Waals surface area contributed by atoms with Crippen molar-refractivity contribution in [3.63, 3.8) is 0 Å². The lowest BCUT2D eigenvalue weighted by Crippen LogP contribution is -2.32. The summed E-state index contributed by atoms with van der Waals surface area (Å²) in [5.74, 6) is 0.401. The van der Waals surface area contributed by atoms with E-state index in [9.17, 15) is 18.0 Å². The van der Waals surface area contributed by atoms with Crippen molar-refractivity contribution in [3.05, 3.63) is 53.5 Å². The highest BCUT2D eigenvalue weighted by molar-refractivity contribution is 6.09. The van der Waals surface area contributed by atoms with E-state index in [2.05, 4.69) is 30.4 Å². The van der Waals surface area contributed by atoms with Crippen LogP contribution in [0.1, 0.15) is 36.7 Å². The topological polar surface area (TPSA) is 124 Å². The summed E-state index contributed by atoms with van der Waals surface area (Å²) >= 11 is 0. The summed E-state index contributed by atoms with van der Waals surface area (Å²) in [5.41, 5.74) is 7.19. The largest absolute Gasteiger partial charge is 0.389 e. The van der Waals surface area contributed by atoms with Crippen LogP contribution in [0.25, 0.3) is 22.6 Å². The number of nitrogen functional groups attached to an aromatic ring is 1. The van der Waals surface area contributed by atoms with Crippen molar-refractivity contribution >= 4 is 28.6 Å². The second-order valence-electron chi connectivity index (χ2n) is 8.56. The Bertz CT molecular complexity index is 1450. The lowest BCUT2D eigenvalue weighted by atomic mass is 9.78. The molecule has 1 amide bonds. The average molecular weight is 482 g/mol. The number of hydrogen-bond donors (Lipinski definition) is 2. The van der Waals surface area contributed by atoms with Crippen molar-refractivity contribution in [2.45, 2.75) is 37.8 Å². The number of nitrogens with zero attached hydrogens (tertiary/aromatic N) is 6. The standard InChI is InChI=1S/C23H21F3N8O/c1-22(12-7-4-3-5-8-12)15-17(27)31-19(32-18(15)33-21(22)35)16-13-11-28-34(2)20(13)30-14(29-16)9-6-10-23(24,25)26/h3-5,7-8,11H,6,9-10H2,1-2H3,(H3,27,31,32,33,35). The Morgan fingerprint density at radius 2 is 1.86 bits per heavy atom. The average Bonchev–Trinajstić information content (AvgIpc) is 3.30. The molecule has 4 heterocycles. The Hall–Kier alpha value is -4.09. The first kappa shape index (κ1) is 22.7. The molecule has 4 aromatic rings. The molecule has 35 heavy (non-hydrogen) atoms. The van der Waals surface area contributed by atoms with Gasteiger partial charge in [-0.05, 0) is 18.9 Å². The highest BCUT2D eigenvalue weighted by atomic mass is 19.4. The number of alkyl halides is 3. The number of aromatic nitrogens is 6. The van der Waals surface area contributed by atoms with Crippen molar-refractivity contribution in [3.8, 4) is 11.5 Å². The summed E-state index contributed by atoms with van der Waals surface area (Å²) in [4.78, 5) is 30.9. The predicted octanol–water partition coefficient (Wildman–Crippen LogP) is 3.55. The zero-order chi connectivity index (χ0) is 25.0. The molecule has 3 aromatic heterocycles. The molecule has 1 aromatic carbocycles. The van der Waals surface area contributed by atoms with Gasteiger partial charge in [0, 0.05) is 19.9 Å². The molecule has 3 N–H and O–H groups in total. The van der Waals surface area contributed by atoms with Gasteiger partial charge in [0.05, 0.1) is 17.1 Å². The molecule has 1 aliphatic rings. The Morgan fingerprint density at radius 1 is 1.11 bits per heavy atom. The van der Waals surface area contributed by atoms with E-state index in [0.29, 0.717) is 16.6 Å². The number of benzene rings is 1. The minimum atomic E-state index is -4.26. The fourth-order valence-corrected chi connectivity index (χ4v) is 4.36. The fourth-order valence-electron chi connectivity index (χ4n) is 4.36. The van der Waals surface area contributed by atoms with Gasteiger partial charge >= 0.3 is 6.18 Å². The highest BCUT2D eigenvalue weighted by Crippen LogP contribution is 2.45. The molecule has 0 saturated carbocycles. The van der Waals surface area contributed by atoms with Gasteiger partial charge in [-0.1, -0.05) is 30.3 Å². The maximum atomic E-state index is 13.1. The van der Waals surface area contributed by atoms with Crippen LogP contribution in [0, 0.1) is 0 Å². The van der Waals surface area contributed by atoms with E-state index in [0.717, 1.165) is 5.56 Å². The van der Waals surface area contributed by atoms with Crippen molar-refractivity contribution in [2.24, 2.45) is 7.05 Å². The summed E-state index contributed by atoms with van der Waals surface area (Å²) in [6.45, 7) is 1.76. The van der Waals surface area contributed by atoms with Crippen molar-refractivity contribution in [2.75, 3.05) is 11.1 Å². The molecule has 0 radical (unpaired) electrons. The Balaban J connectivity index is 1.61. The van der Waals surface area contributed by atoms with Crippen LogP contribution >= 0.6 is 0 Å². The van der Waals surface area contributed by atoms with Gasteiger partial charge in [0.2, 0.25) is 5.91 Å². The molecular weight excluding hydrogens is 461 g/mol. The SMILES string of the molecule is Cn1ncc2c(-c3nc(N)c4c(n3)NC(=O)C4(C)c3ccccc3)nc(CCCC(F)(F)F)nc21. The van der Waals surface area contributed by atoms with Gasteiger partial charge in [-0.15, -0.1) is 0 Å². The number of anilines is 2. The number of amides is 1. The molecule has 9 nitrogen and oxygen atoms in total. The molecule has 12 heteroatoms. The van der Waals surface area contributed by atoms with Gasteiger partial charge in [0.1, 0.15) is 28.6 Å². The van der Waals surface area contributed by atoms with Crippen LogP contribution in [0.4, 0.5) is 24.8 Å². The molecular formula is C23H21F3N8O. The Labute approximate surface area is 197 Å². The smallest absolute Gasteiger partial charge is 0.383 e. The van der Waals surface area contributed by atoms with Crippen LogP contribution in [-0.4, -0.2) is 41.8 Å². The molecule has 0 saturated heterocycles. The van der Waals surface area contributed by atoms with Crippen LogP contribution < -0.4 is 11.1 Å². The molecule has 0 aliphatic carbocycles. The Kier molecular flexibility index (Phi) is 5.18. The number of hydrogen-bond acceptors (Lipinski definition) is 7. The summed E-state index contributed by atoms with van der Waals surface area (Å²) in [7, 11) is 1.67. The summed E-state index contributed by atoms with van der Waals surface area (Å²) < 4.78 is 39.4. The van der Waals surface area contributed by atoms with Crippen molar-refractivity contribution in [1.29, 1.82) is 0 Å². The first-order valence-electron chi connectivity index (χ1n) is 10.9. The third-order valence-corrected chi connectivity index (χ3v) is 6.19. The number of nitrogens with one attached hydrogen (secondary N) is 1. The van der Waals surface area contributed by atoms with Crippen molar-refractivity contribution < 1.29 is 18.0 Å². The van der Waals surface area contributed by atoms with Gasteiger partial charge in [-0.2, -0.15) is 18.3 Å². The van der Waals surface area contributed by atoms with E-state index in [1.54, 1.807) is 14.0 Å². The molecule has 0 spiro atoms. The Morgan fingerprint density at radius 3 is 2.57 bits per heavy atom. The van der Waals surface area contributed by atoms with Crippen LogP contribution in [0.3, 0.4) is 0 Å². The zero-order valence-corrected chi connectivity index (χ0v) is 18.9. The molecule has 1 atom stereocenters. The summed E-state index contributed by atoms with van der Waals surface area (Å²) in [5, 5.41) is 7.50. The maximum Gasteiger partial charge on any atom is 0.389 e. The minimum Gasteiger partial charge on any atom is -0.383 e. The normalized spacial score (nSPS) is 17.6. The van der Waals surface area contributed by atoms with Crippen LogP contribution in [0.5, 0.6) is 0 Å². The molecule has 0 fully saturated rings. The fraction of sp³-hybridized carbons (Fsp3) is 0.304. The number of halogens is 3. The van der Waals surface area contributed by atoms with E-state index in [1.807, 2.05) is 30.3 Å². The molecule has 1 unspecified atom stereocenters. The first-order valence-corrected chi connectivity index (χ1v) is 10.9. The quantitative estimate of drug-likeness (QED) is 0.446. The number of nitrogens with two attached hydrogens (primary N) is 1. The predicted molar refractivity (Wildman–Crippen MR) is 122 cm³/mol. The molecule has 0 bridgehead atoms. The lowest BCUT2D eigenvalue weighted by Gasteiger charge is -2.23. The number of carbonyl (C=O) groups excluding carboxylic acids is 1. The second kappa shape index (κ2) is 8.00. The van der Waals surface area contributed by atoms with Gasteiger partial charge < -0.3 is 11.1 Å². The zero-order valence-electron chi connectivity index (χ0n) is 18.9. The summed E-state index contributed by atoms with van der Waals surface area (Å²) in [6, 6.07) is 9.18. The molecule has 180 valence electrons. The van der Waals surface area contributed by atoms with E-state index >= 15 is 0 Å². The van der Waals surface area contributed by atoms with E-state index < -0.39 is 18.0 Å². The van der Waals surface area contributed by atoms with E-state index in [-0.39, 0.29) is 47.7 Å². The maximum absolute atomic E-state index is 13.1. The third kappa shape index (κ3) is 3.84. The number of fused-ring (bicyclic) bond motifs is 2. The van der Waals surface area contributed by atoms with Crippen molar-refractivity contribution in [1.82, 2.24) is 29.7 Å². The van der Waals surface area contributed by atoms with Gasteiger partial charge in [-0.25, -0.2) is 19.9 Å². The highest BCUT2D eigenvalue weighted by Gasteiger charge is 2.47. The monoisotopic (exact) mass is 482 g/mol. The van der Waals surface area contributed by atoms with Crippen LogP contribution in [0.15, 0.2) is 36.5 Å². The third-order valence-electron chi connectivity index (χ3n) is 6.19. The second-order valence-corrected chi connectivity index (χ2v) is 8.56. The minimum absolute atomic E-state index is 0.0108. The number of rotatable bonds is 5. The van der Waals surface area contributed by atoms with E-state index in [4.69, 9.17) is 5.73 Å². The van der Waals surface area contributed by atoms with Gasteiger partial charge in [-0.3, -0.25) is 9.48 Å². The van der Waals surface area contributed by atoms with E-state index in [1.165, 1.54) is 10.9 Å². The lowest BCUT2D eigenvalue weighted by molar-refractivity contribution is -0.135. The first-order chi connectivity index (χ1) is 16.6. The van der Waals surface area contributed by atoms with Gasteiger partial charge in [0.25, 0.3) is 0 Å². The number of aryl methyl sites for hydroxylation is 2. The van der Waals surface area contributed by atoms with Gasteiger partial charge in [0.15, 0.2) is 11.5 Å². The molecule has 5 rings (SSSR count). The number of carbonyl (C=O) groups is 1.